The van der Waals surface area contributed by atoms with E-state index in [0.717, 1.165) is 5.56 Å². The molecule has 0 bridgehead atoms. The summed E-state index contributed by atoms with van der Waals surface area (Å²) in [5.41, 5.74) is 2.56. The minimum absolute atomic E-state index is 0.192. The number of carbonyl (C=O) groups is 1. The van der Waals surface area contributed by atoms with Crippen molar-refractivity contribution in [2.75, 3.05) is 5.32 Å². The van der Waals surface area contributed by atoms with Gasteiger partial charge in [-0.05, 0) is 36.8 Å². The van der Waals surface area contributed by atoms with Crippen molar-refractivity contribution in [3.8, 4) is 0 Å². The molecular weight excluding hydrogens is 226 g/mol. The fourth-order valence-corrected chi connectivity index (χ4v) is 1.50. The molecule has 4 nitrogen and oxygen atoms in total. The zero-order valence-electron chi connectivity index (χ0n) is 9.97. The fraction of sp³-hybridized carbons (Fsp3) is 0.0714. The zero-order valence-corrected chi connectivity index (χ0v) is 9.97. The van der Waals surface area contributed by atoms with Crippen molar-refractivity contribution in [3.05, 3.63) is 59.9 Å². The van der Waals surface area contributed by atoms with E-state index in [0.29, 0.717) is 17.0 Å². The smallest absolute Gasteiger partial charge is 0.257 e. The summed E-state index contributed by atoms with van der Waals surface area (Å²) < 4.78 is 0. The topological polar surface area (TPSA) is 65.8 Å². The van der Waals surface area contributed by atoms with Crippen LogP contribution in [0.2, 0.25) is 0 Å². The van der Waals surface area contributed by atoms with Crippen LogP contribution in [0, 0.1) is 5.41 Å². The van der Waals surface area contributed by atoms with Gasteiger partial charge in [0.05, 0.1) is 5.56 Å². The van der Waals surface area contributed by atoms with E-state index in [1.165, 1.54) is 6.20 Å². The maximum absolute atomic E-state index is 11.8. The van der Waals surface area contributed by atoms with Crippen molar-refractivity contribution in [3.63, 3.8) is 0 Å². The Morgan fingerprint density at radius 1 is 1.17 bits per heavy atom. The number of benzene rings is 1. The summed E-state index contributed by atoms with van der Waals surface area (Å²) in [6.45, 7) is 1.73. The van der Waals surface area contributed by atoms with Crippen LogP contribution in [-0.2, 0) is 0 Å². The van der Waals surface area contributed by atoms with Crippen molar-refractivity contribution < 1.29 is 4.79 Å². The molecule has 2 aromatic rings. The van der Waals surface area contributed by atoms with Gasteiger partial charge in [-0.15, -0.1) is 0 Å². The molecule has 1 aromatic carbocycles. The van der Waals surface area contributed by atoms with E-state index in [1.54, 1.807) is 49.5 Å². The molecule has 2 N–H and O–H groups in total. The first kappa shape index (κ1) is 12.0. The van der Waals surface area contributed by atoms with E-state index in [4.69, 9.17) is 5.41 Å². The summed E-state index contributed by atoms with van der Waals surface area (Å²) in [5.74, 6) is -0.192. The summed E-state index contributed by atoms with van der Waals surface area (Å²) in [4.78, 5) is 15.7. The molecule has 0 aliphatic carbocycles. The Bertz CT molecular complexity index is 561. The predicted octanol–water partition coefficient (Wildman–Crippen LogP) is 2.72. The van der Waals surface area contributed by atoms with E-state index in [2.05, 4.69) is 10.3 Å². The lowest BCUT2D eigenvalue weighted by atomic mass is 10.1. The number of aromatic nitrogens is 1. The Morgan fingerprint density at radius 2 is 1.89 bits per heavy atom. The Morgan fingerprint density at radius 3 is 2.44 bits per heavy atom. The van der Waals surface area contributed by atoms with E-state index >= 15 is 0 Å². The van der Waals surface area contributed by atoms with Crippen molar-refractivity contribution in [1.29, 1.82) is 5.41 Å². The molecule has 2 rings (SSSR count). The number of nitrogens with zero attached hydrogens (tertiary/aromatic N) is 1. The van der Waals surface area contributed by atoms with E-state index in [1.807, 2.05) is 0 Å². The molecule has 0 atom stereocenters. The summed E-state index contributed by atoms with van der Waals surface area (Å²) in [7, 11) is 0. The lowest BCUT2D eigenvalue weighted by Crippen LogP contribution is -2.12. The summed E-state index contributed by atoms with van der Waals surface area (Å²) >= 11 is 0. The second-order valence-electron chi connectivity index (χ2n) is 3.90. The molecular formula is C14H13N3O. The van der Waals surface area contributed by atoms with E-state index in [9.17, 15) is 4.79 Å². The summed E-state index contributed by atoms with van der Waals surface area (Å²) in [6, 6.07) is 10.6. The summed E-state index contributed by atoms with van der Waals surface area (Å²) in [5, 5.41) is 10.3. The first-order valence-corrected chi connectivity index (χ1v) is 5.54. The molecule has 0 aliphatic rings. The van der Waals surface area contributed by atoms with Gasteiger partial charge in [0.15, 0.2) is 0 Å². The second kappa shape index (κ2) is 5.23. The third-order valence-electron chi connectivity index (χ3n) is 2.50. The van der Waals surface area contributed by atoms with Crippen LogP contribution >= 0.6 is 0 Å². The molecule has 0 saturated heterocycles. The molecule has 90 valence electrons. The van der Waals surface area contributed by atoms with Crippen LogP contribution in [0.1, 0.15) is 22.8 Å². The van der Waals surface area contributed by atoms with Crippen molar-refractivity contribution in [2.45, 2.75) is 6.92 Å². The summed E-state index contributed by atoms with van der Waals surface area (Å²) in [6.07, 6.45) is 3.14. The maximum Gasteiger partial charge on any atom is 0.257 e. The van der Waals surface area contributed by atoms with E-state index in [-0.39, 0.29) is 5.91 Å². The highest BCUT2D eigenvalue weighted by molar-refractivity contribution is 6.04. The highest BCUT2D eigenvalue weighted by atomic mass is 16.1. The first-order chi connectivity index (χ1) is 8.66. The van der Waals surface area contributed by atoms with Gasteiger partial charge in [0, 0.05) is 23.8 Å². The van der Waals surface area contributed by atoms with Crippen LogP contribution in [-0.4, -0.2) is 16.6 Å². The molecule has 0 radical (unpaired) electrons. The number of hydrogen-bond donors (Lipinski definition) is 2. The van der Waals surface area contributed by atoms with Crippen LogP contribution in [0.25, 0.3) is 0 Å². The normalized spacial score (nSPS) is 9.83. The van der Waals surface area contributed by atoms with Crippen LogP contribution in [0.15, 0.2) is 48.8 Å². The zero-order chi connectivity index (χ0) is 13.0. The van der Waals surface area contributed by atoms with Gasteiger partial charge < -0.3 is 10.7 Å². The van der Waals surface area contributed by atoms with Crippen LogP contribution in [0.5, 0.6) is 0 Å². The molecule has 1 aromatic heterocycles. The van der Waals surface area contributed by atoms with E-state index < -0.39 is 0 Å². The third-order valence-corrected chi connectivity index (χ3v) is 2.50. The van der Waals surface area contributed by atoms with Gasteiger partial charge in [0.25, 0.3) is 5.91 Å². The SMILES string of the molecule is CC(=N)c1ccc(NC(=O)c2cccnc2)cc1. The highest BCUT2D eigenvalue weighted by Gasteiger charge is 2.05. The number of amides is 1. The molecule has 0 aliphatic heterocycles. The number of pyridine rings is 1. The standard InChI is InChI=1S/C14H13N3O/c1-10(15)11-4-6-13(7-5-11)17-14(18)12-3-2-8-16-9-12/h2-9,15H,1H3,(H,17,18). The van der Waals surface area contributed by atoms with Gasteiger partial charge in [0.1, 0.15) is 0 Å². The number of hydrogen-bond acceptors (Lipinski definition) is 3. The van der Waals surface area contributed by atoms with Crippen LogP contribution in [0.3, 0.4) is 0 Å². The largest absolute Gasteiger partial charge is 0.322 e. The number of anilines is 1. The third kappa shape index (κ3) is 2.79. The highest BCUT2D eigenvalue weighted by Crippen LogP contribution is 2.11. The molecule has 0 unspecified atom stereocenters. The Labute approximate surface area is 105 Å². The first-order valence-electron chi connectivity index (χ1n) is 5.54. The van der Waals surface area contributed by atoms with Gasteiger partial charge in [0.2, 0.25) is 0 Å². The lowest BCUT2D eigenvalue weighted by Gasteiger charge is -2.05. The van der Waals surface area contributed by atoms with Crippen molar-refractivity contribution in [2.24, 2.45) is 0 Å². The molecule has 0 spiro atoms. The monoisotopic (exact) mass is 239 g/mol. The fourth-order valence-electron chi connectivity index (χ4n) is 1.50. The van der Waals surface area contributed by atoms with Gasteiger partial charge in [-0.2, -0.15) is 0 Å². The maximum atomic E-state index is 11.8. The quantitative estimate of drug-likeness (QED) is 0.809. The molecule has 18 heavy (non-hydrogen) atoms. The van der Waals surface area contributed by atoms with Gasteiger partial charge in [-0.25, -0.2) is 0 Å². The van der Waals surface area contributed by atoms with Crippen LogP contribution < -0.4 is 5.32 Å². The number of carbonyl (C=O) groups excluding carboxylic acids is 1. The molecule has 4 heteroatoms. The molecule has 1 heterocycles. The minimum Gasteiger partial charge on any atom is -0.322 e. The molecule has 1 amide bonds. The Kier molecular flexibility index (Phi) is 3.48. The lowest BCUT2D eigenvalue weighted by molar-refractivity contribution is 0.102. The minimum atomic E-state index is -0.192. The number of rotatable bonds is 3. The molecule has 0 saturated carbocycles. The van der Waals surface area contributed by atoms with Crippen molar-refractivity contribution >= 4 is 17.3 Å². The predicted molar refractivity (Wildman–Crippen MR) is 71.1 cm³/mol. The Hall–Kier alpha value is -2.49. The van der Waals surface area contributed by atoms with Crippen LogP contribution in [0.4, 0.5) is 5.69 Å². The van der Waals surface area contributed by atoms with Gasteiger partial charge in [-0.1, -0.05) is 12.1 Å². The van der Waals surface area contributed by atoms with Gasteiger partial charge >= 0.3 is 0 Å². The average molecular weight is 239 g/mol. The average Bonchev–Trinajstić information content (AvgIpc) is 2.40. The number of nitrogens with one attached hydrogen (secondary N) is 2. The molecule has 0 fully saturated rings. The van der Waals surface area contributed by atoms with Crippen molar-refractivity contribution in [1.82, 2.24) is 4.98 Å². The second-order valence-corrected chi connectivity index (χ2v) is 3.90. The van der Waals surface area contributed by atoms with Gasteiger partial charge in [-0.3, -0.25) is 9.78 Å². The Balaban J connectivity index is 2.10.